The summed E-state index contributed by atoms with van der Waals surface area (Å²) in [4.78, 5) is 5.22. The van der Waals surface area contributed by atoms with Gasteiger partial charge in [-0.15, -0.1) is 0 Å². The van der Waals surface area contributed by atoms with Crippen molar-refractivity contribution in [3.05, 3.63) is 112 Å². The van der Waals surface area contributed by atoms with Crippen LogP contribution in [0.1, 0.15) is 80.5 Å². The molecule has 0 amide bonds. The second kappa shape index (κ2) is 10.4. The molecule has 0 fully saturated rings. The van der Waals surface area contributed by atoms with Crippen molar-refractivity contribution in [1.82, 2.24) is 14.0 Å². The van der Waals surface area contributed by atoms with Gasteiger partial charge >= 0.3 is 0 Å². The van der Waals surface area contributed by atoms with Crippen molar-refractivity contribution in [1.29, 1.82) is 0 Å². The molecule has 0 atom stereocenters. The molecule has 0 N–H and O–H groups in total. The van der Waals surface area contributed by atoms with Gasteiger partial charge in [-0.05, 0) is 109 Å². The number of hydrogen-bond acceptors (Lipinski definition) is 1. The first kappa shape index (κ1) is 30.4. The van der Waals surface area contributed by atoms with Gasteiger partial charge in [0.25, 0.3) is 7.41 Å². The number of para-hydroxylation sites is 1. The fourth-order valence-corrected chi connectivity index (χ4v) is 7.39. The zero-order valence-electron chi connectivity index (χ0n) is 29.3. The molecule has 0 aliphatic rings. The summed E-state index contributed by atoms with van der Waals surface area (Å²) in [6.07, 6.45) is 2.08. The van der Waals surface area contributed by atoms with Crippen molar-refractivity contribution in [2.45, 2.75) is 87.0 Å². The molecule has 0 saturated heterocycles. The maximum Gasteiger partial charge on any atom is 0.293 e. The normalized spacial score (nSPS) is 12.7. The molecule has 231 valence electrons. The maximum absolute atomic E-state index is 5.22. The molecular weight excluding hydrogens is 557 g/mol. The zero-order chi connectivity index (χ0) is 32.9. The smallest absolute Gasteiger partial charge is 0.293 e. The Labute approximate surface area is 274 Å². The number of benzene rings is 4. The van der Waals surface area contributed by atoms with Crippen LogP contribution in [0.5, 0.6) is 0 Å². The van der Waals surface area contributed by atoms with E-state index in [1.165, 1.54) is 82.5 Å². The van der Waals surface area contributed by atoms with Crippen molar-refractivity contribution in [3.8, 4) is 5.69 Å². The highest BCUT2D eigenvalue weighted by Crippen LogP contribution is 2.38. The minimum atomic E-state index is -0.0379. The molecule has 0 unspecified atom stereocenters. The first-order chi connectivity index (χ1) is 21.6. The van der Waals surface area contributed by atoms with Crippen molar-refractivity contribution in [3.63, 3.8) is 0 Å². The van der Waals surface area contributed by atoms with Crippen LogP contribution in [0, 0.1) is 34.6 Å². The Kier molecular flexibility index (Phi) is 6.83. The van der Waals surface area contributed by atoms with Crippen LogP contribution in [0.4, 0.5) is 0 Å². The second-order valence-electron chi connectivity index (χ2n) is 15.6. The van der Waals surface area contributed by atoms with E-state index in [-0.39, 0.29) is 10.8 Å². The number of nitrogens with zero attached hydrogens (tertiary/aromatic N) is 3. The molecule has 46 heavy (non-hydrogen) atoms. The van der Waals surface area contributed by atoms with Gasteiger partial charge in [0.2, 0.25) is 0 Å². The third-order valence-electron chi connectivity index (χ3n) is 9.75. The summed E-state index contributed by atoms with van der Waals surface area (Å²) >= 11 is 0. The van der Waals surface area contributed by atoms with Crippen molar-refractivity contribution < 1.29 is 0 Å². The highest BCUT2D eigenvalue weighted by Gasteiger charge is 2.26. The molecule has 7 rings (SSSR count). The highest BCUT2D eigenvalue weighted by molar-refractivity contribution is 6.58. The Morgan fingerprint density at radius 1 is 0.565 bits per heavy atom. The van der Waals surface area contributed by atoms with Crippen molar-refractivity contribution in [2.75, 3.05) is 0 Å². The van der Waals surface area contributed by atoms with Crippen LogP contribution in [0.2, 0.25) is 0 Å². The van der Waals surface area contributed by atoms with Gasteiger partial charge in [0.15, 0.2) is 0 Å². The van der Waals surface area contributed by atoms with Crippen LogP contribution in [0.15, 0.2) is 72.9 Å². The minimum Gasteiger partial charge on any atom is -0.384 e. The number of hydrogen-bond donors (Lipinski definition) is 0. The number of aryl methyl sites for hydroxylation is 5. The summed E-state index contributed by atoms with van der Waals surface area (Å²) in [6.45, 7) is 24.9. The summed E-state index contributed by atoms with van der Waals surface area (Å²) in [6, 6.07) is 25.3. The van der Waals surface area contributed by atoms with Crippen LogP contribution in [-0.4, -0.2) is 21.4 Å². The van der Waals surface area contributed by atoms with Crippen LogP contribution in [-0.2, 0) is 10.8 Å². The van der Waals surface area contributed by atoms with E-state index in [4.69, 9.17) is 4.98 Å². The minimum absolute atomic E-state index is 0.0108. The molecule has 0 bridgehead atoms. The Morgan fingerprint density at radius 2 is 1.11 bits per heavy atom. The van der Waals surface area contributed by atoms with Crippen LogP contribution in [0.3, 0.4) is 0 Å². The Balaban J connectivity index is 1.66. The van der Waals surface area contributed by atoms with Crippen molar-refractivity contribution >= 4 is 56.6 Å². The monoisotopic (exact) mass is 602 g/mol. The molecule has 4 heteroatoms. The standard InChI is InChI=1S/C42H45BN3/c1-24-16-27(4)37-31(18-24)32-19-25(2)17-28(5)38(32)46(37)43-35-22-29(41(6,7)8)20-33-34-21-30(42(9,10)11)23-44-40(34)45(39(33)35)36-15-13-12-14-26(36)3/h12-23H,1-11H3. The van der Waals surface area contributed by atoms with Gasteiger partial charge in [0.05, 0.1) is 11.2 Å². The van der Waals surface area contributed by atoms with Crippen LogP contribution >= 0.6 is 0 Å². The average Bonchev–Trinajstić information content (AvgIpc) is 3.45. The van der Waals surface area contributed by atoms with Crippen LogP contribution < -0.4 is 5.46 Å². The fourth-order valence-electron chi connectivity index (χ4n) is 7.39. The molecule has 0 spiro atoms. The predicted octanol–water partition coefficient (Wildman–Crippen LogP) is 10.2. The summed E-state index contributed by atoms with van der Waals surface area (Å²) in [5.74, 6) is 0. The topological polar surface area (TPSA) is 22.8 Å². The SMILES string of the molecule is Cc1cc(C)c2c(c1)c1cc(C)cc(C)c1n2[B]c1cc(C(C)(C)C)cc2c3cc(C(C)(C)C)cnc3n(-c3ccccc3C)c12. The predicted molar refractivity (Wildman–Crippen MR) is 200 cm³/mol. The first-order valence-electron chi connectivity index (χ1n) is 16.6. The molecule has 7 aromatic rings. The lowest BCUT2D eigenvalue weighted by Gasteiger charge is -2.22. The third kappa shape index (κ3) is 4.76. The van der Waals surface area contributed by atoms with Gasteiger partial charge in [-0.25, -0.2) is 4.98 Å². The first-order valence-corrected chi connectivity index (χ1v) is 16.6. The highest BCUT2D eigenvalue weighted by atomic mass is 15.1. The molecular formula is C42H45BN3. The van der Waals surface area contributed by atoms with E-state index in [1.807, 2.05) is 0 Å². The lowest BCUT2D eigenvalue weighted by Crippen LogP contribution is -2.27. The van der Waals surface area contributed by atoms with Gasteiger partial charge in [-0.2, -0.15) is 0 Å². The van der Waals surface area contributed by atoms with E-state index < -0.39 is 0 Å². The van der Waals surface area contributed by atoms with E-state index in [2.05, 4.69) is 166 Å². The fraction of sp³-hybridized carbons (Fsp3) is 0.310. The number of rotatable bonds is 3. The van der Waals surface area contributed by atoms with Gasteiger partial charge in [-0.1, -0.05) is 89.1 Å². The summed E-state index contributed by atoms with van der Waals surface area (Å²) in [5, 5.41) is 5.08. The van der Waals surface area contributed by atoms with Crippen LogP contribution in [0.25, 0.3) is 49.4 Å². The maximum atomic E-state index is 5.22. The largest absolute Gasteiger partial charge is 0.384 e. The number of aromatic nitrogens is 3. The molecule has 0 aliphatic carbocycles. The van der Waals surface area contributed by atoms with Gasteiger partial charge in [0, 0.05) is 38.8 Å². The Hall–Kier alpha value is -4.31. The van der Waals surface area contributed by atoms with Gasteiger partial charge in [0.1, 0.15) is 5.65 Å². The quantitative estimate of drug-likeness (QED) is 0.185. The number of fused-ring (bicyclic) bond motifs is 6. The van der Waals surface area contributed by atoms with E-state index in [0.717, 1.165) is 11.3 Å². The average molecular weight is 603 g/mol. The molecule has 3 heterocycles. The Bertz CT molecular complexity index is 2290. The Morgan fingerprint density at radius 3 is 1.67 bits per heavy atom. The molecule has 3 aromatic heterocycles. The van der Waals surface area contributed by atoms with E-state index in [9.17, 15) is 0 Å². The summed E-state index contributed by atoms with van der Waals surface area (Å²) < 4.78 is 4.88. The van der Waals surface area contributed by atoms with Gasteiger partial charge < -0.3 is 4.48 Å². The summed E-state index contributed by atoms with van der Waals surface area (Å²) in [5.41, 5.74) is 16.0. The second-order valence-corrected chi connectivity index (χ2v) is 15.6. The molecule has 1 radical (unpaired) electrons. The zero-order valence-corrected chi connectivity index (χ0v) is 29.3. The van der Waals surface area contributed by atoms with E-state index >= 15 is 0 Å². The molecule has 0 saturated carbocycles. The summed E-state index contributed by atoms with van der Waals surface area (Å²) in [7, 11) is 2.41. The van der Waals surface area contributed by atoms with E-state index in [0.29, 0.717) is 0 Å². The number of pyridine rings is 1. The third-order valence-corrected chi connectivity index (χ3v) is 9.75. The molecule has 4 aromatic carbocycles. The van der Waals surface area contributed by atoms with Crippen molar-refractivity contribution in [2.24, 2.45) is 0 Å². The lowest BCUT2D eigenvalue weighted by molar-refractivity contribution is 0.588. The molecule has 0 aliphatic heterocycles. The lowest BCUT2D eigenvalue weighted by atomic mass is 9.75. The van der Waals surface area contributed by atoms with E-state index in [1.54, 1.807) is 0 Å². The molecule has 3 nitrogen and oxygen atoms in total. The van der Waals surface area contributed by atoms with Gasteiger partial charge in [-0.3, -0.25) is 4.57 Å².